The molecule has 0 aliphatic rings. The molecule has 0 radical (unpaired) electrons. The lowest BCUT2D eigenvalue weighted by molar-refractivity contribution is -0.114. The molecule has 2 aromatic heterocycles. The van der Waals surface area contributed by atoms with Crippen molar-refractivity contribution in [1.29, 1.82) is 0 Å². The lowest BCUT2D eigenvalue weighted by atomic mass is 9.86. The van der Waals surface area contributed by atoms with E-state index in [2.05, 4.69) is 41.5 Å². The summed E-state index contributed by atoms with van der Waals surface area (Å²) in [5, 5.41) is 8.19. The van der Waals surface area contributed by atoms with Crippen molar-refractivity contribution >= 4 is 23.2 Å². The maximum Gasteiger partial charge on any atom is 0.295 e. The van der Waals surface area contributed by atoms with Gasteiger partial charge >= 0.3 is 0 Å². The minimum Gasteiger partial charge on any atom is -0.320 e. The first-order valence-electron chi connectivity index (χ1n) is 9.11. The number of H-pyrrole nitrogens is 1. The first-order valence-corrected chi connectivity index (χ1v) is 9.11. The predicted octanol–water partition coefficient (Wildman–Crippen LogP) is 3.07. The number of benzene rings is 1. The standard InChI is InChI=1S/C21H23N5O3/c1-13(27)24-17-12-23-26(20(17)29)18-8-7-15(21(2,3)4)10-16(18)25-19(28)14-6-5-9-22-11-14/h5-12,23H,1-4H3,(H,24,27)(H,25,28). The second-order valence-electron chi connectivity index (χ2n) is 7.69. The van der Waals surface area contributed by atoms with Crippen LogP contribution in [0, 0.1) is 0 Å². The molecular weight excluding hydrogens is 370 g/mol. The Labute approximate surface area is 168 Å². The van der Waals surface area contributed by atoms with Crippen LogP contribution in [-0.4, -0.2) is 26.6 Å². The van der Waals surface area contributed by atoms with Crippen LogP contribution in [0.4, 0.5) is 11.4 Å². The van der Waals surface area contributed by atoms with Crippen LogP contribution in [0.5, 0.6) is 0 Å². The number of hydrogen-bond donors (Lipinski definition) is 3. The summed E-state index contributed by atoms with van der Waals surface area (Å²) in [5.74, 6) is -0.687. The fourth-order valence-corrected chi connectivity index (χ4v) is 2.82. The van der Waals surface area contributed by atoms with Crippen molar-refractivity contribution in [3.8, 4) is 5.69 Å². The van der Waals surface area contributed by atoms with Crippen LogP contribution >= 0.6 is 0 Å². The monoisotopic (exact) mass is 393 g/mol. The third-order valence-corrected chi connectivity index (χ3v) is 4.36. The van der Waals surface area contributed by atoms with E-state index in [1.807, 2.05) is 12.1 Å². The van der Waals surface area contributed by atoms with Crippen LogP contribution in [0.3, 0.4) is 0 Å². The number of pyridine rings is 1. The van der Waals surface area contributed by atoms with Gasteiger partial charge in [0.1, 0.15) is 5.69 Å². The average molecular weight is 393 g/mol. The maximum absolute atomic E-state index is 12.7. The number of anilines is 2. The van der Waals surface area contributed by atoms with E-state index >= 15 is 0 Å². The summed E-state index contributed by atoms with van der Waals surface area (Å²) in [6.07, 6.45) is 4.47. The first-order chi connectivity index (χ1) is 13.7. The summed E-state index contributed by atoms with van der Waals surface area (Å²) >= 11 is 0. The molecule has 0 atom stereocenters. The summed E-state index contributed by atoms with van der Waals surface area (Å²) in [7, 11) is 0. The lowest BCUT2D eigenvalue weighted by Crippen LogP contribution is -2.22. The summed E-state index contributed by atoms with van der Waals surface area (Å²) in [6.45, 7) is 7.51. The van der Waals surface area contributed by atoms with Crippen LogP contribution in [0.1, 0.15) is 43.6 Å². The second-order valence-corrected chi connectivity index (χ2v) is 7.69. The highest BCUT2D eigenvalue weighted by molar-refractivity contribution is 6.05. The van der Waals surface area contributed by atoms with Gasteiger partial charge in [-0.1, -0.05) is 26.8 Å². The number of amides is 2. The van der Waals surface area contributed by atoms with Gasteiger partial charge in [0.15, 0.2) is 0 Å². The molecule has 150 valence electrons. The summed E-state index contributed by atoms with van der Waals surface area (Å²) < 4.78 is 1.27. The highest BCUT2D eigenvalue weighted by Crippen LogP contribution is 2.29. The van der Waals surface area contributed by atoms with Crippen molar-refractivity contribution in [2.45, 2.75) is 33.1 Å². The smallest absolute Gasteiger partial charge is 0.295 e. The normalized spacial score (nSPS) is 11.2. The number of nitrogens with one attached hydrogen (secondary N) is 3. The van der Waals surface area contributed by atoms with Gasteiger partial charge in [-0.3, -0.25) is 24.5 Å². The Bertz CT molecular complexity index is 1110. The molecule has 8 nitrogen and oxygen atoms in total. The Balaban J connectivity index is 2.08. The first kappa shape index (κ1) is 20.1. The van der Waals surface area contributed by atoms with Crippen LogP contribution in [0.25, 0.3) is 5.69 Å². The molecule has 3 rings (SSSR count). The molecule has 2 heterocycles. The number of carbonyl (C=O) groups excluding carboxylic acids is 2. The molecule has 3 aromatic rings. The fourth-order valence-electron chi connectivity index (χ4n) is 2.82. The number of carbonyl (C=O) groups is 2. The van der Waals surface area contributed by atoms with Gasteiger partial charge < -0.3 is 10.6 Å². The topological polar surface area (TPSA) is 109 Å². The molecule has 0 spiro atoms. The molecule has 0 saturated heterocycles. The molecule has 0 aliphatic heterocycles. The van der Waals surface area contributed by atoms with E-state index in [-0.39, 0.29) is 22.9 Å². The number of rotatable bonds is 4. The highest BCUT2D eigenvalue weighted by atomic mass is 16.2. The van der Waals surface area contributed by atoms with E-state index in [1.54, 1.807) is 24.4 Å². The maximum atomic E-state index is 12.7. The van der Waals surface area contributed by atoms with E-state index < -0.39 is 5.56 Å². The molecular formula is C21H23N5O3. The van der Waals surface area contributed by atoms with E-state index in [9.17, 15) is 14.4 Å². The molecule has 0 unspecified atom stereocenters. The summed E-state index contributed by atoms with van der Waals surface area (Å²) in [6, 6.07) is 8.84. The number of nitrogens with zero attached hydrogens (tertiary/aromatic N) is 2. The number of aromatic nitrogens is 3. The lowest BCUT2D eigenvalue weighted by Gasteiger charge is -2.21. The van der Waals surface area contributed by atoms with E-state index in [4.69, 9.17) is 0 Å². The molecule has 0 aliphatic carbocycles. The quantitative estimate of drug-likeness (QED) is 0.633. The fraction of sp³-hybridized carbons (Fsp3) is 0.238. The Kier molecular flexibility index (Phi) is 5.36. The molecule has 0 saturated carbocycles. The van der Waals surface area contributed by atoms with Gasteiger partial charge in [0.25, 0.3) is 11.5 Å². The molecule has 3 N–H and O–H groups in total. The molecule has 0 fully saturated rings. The second kappa shape index (κ2) is 7.75. The highest BCUT2D eigenvalue weighted by Gasteiger charge is 2.19. The molecule has 1 aromatic carbocycles. The van der Waals surface area contributed by atoms with Crippen LogP contribution in [0.2, 0.25) is 0 Å². The number of hydrogen-bond acceptors (Lipinski definition) is 4. The Morgan fingerprint density at radius 1 is 1.10 bits per heavy atom. The Morgan fingerprint density at radius 2 is 1.86 bits per heavy atom. The predicted molar refractivity (Wildman–Crippen MR) is 112 cm³/mol. The van der Waals surface area contributed by atoms with Crippen LogP contribution in [-0.2, 0) is 10.2 Å². The minimum absolute atomic E-state index is 0.127. The SMILES string of the molecule is CC(=O)Nc1c[nH]n(-c2ccc(C(C)(C)C)cc2NC(=O)c2cccnc2)c1=O. The van der Waals surface area contributed by atoms with Crippen molar-refractivity contribution in [2.24, 2.45) is 0 Å². The number of aromatic amines is 1. The third kappa shape index (κ3) is 4.43. The molecule has 0 bridgehead atoms. The average Bonchev–Trinajstić information content (AvgIpc) is 3.01. The van der Waals surface area contributed by atoms with Gasteiger partial charge in [0, 0.05) is 25.5 Å². The van der Waals surface area contributed by atoms with Crippen molar-refractivity contribution in [3.63, 3.8) is 0 Å². The minimum atomic E-state index is -0.430. The van der Waals surface area contributed by atoms with Crippen LogP contribution < -0.4 is 16.2 Å². The van der Waals surface area contributed by atoms with Crippen molar-refractivity contribution in [2.75, 3.05) is 10.6 Å². The largest absolute Gasteiger partial charge is 0.320 e. The van der Waals surface area contributed by atoms with Gasteiger partial charge in [-0.2, -0.15) is 0 Å². The van der Waals surface area contributed by atoms with Gasteiger partial charge in [0.2, 0.25) is 5.91 Å². The molecule has 2 amide bonds. The zero-order valence-electron chi connectivity index (χ0n) is 16.7. The Hall–Kier alpha value is -3.68. The van der Waals surface area contributed by atoms with Crippen molar-refractivity contribution in [1.82, 2.24) is 14.8 Å². The summed E-state index contributed by atoms with van der Waals surface area (Å²) in [4.78, 5) is 40.6. The summed E-state index contributed by atoms with van der Waals surface area (Å²) in [5.41, 5.74) is 1.85. The van der Waals surface area contributed by atoms with E-state index in [0.717, 1.165) is 5.56 Å². The molecule has 8 heteroatoms. The zero-order valence-corrected chi connectivity index (χ0v) is 16.7. The van der Waals surface area contributed by atoms with E-state index in [1.165, 1.54) is 24.0 Å². The Morgan fingerprint density at radius 3 is 2.48 bits per heavy atom. The molecule has 29 heavy (non-hydrogen) atoms. The zero-order chi connectivity index (χ0) is 21.2. The van der Waals surface area contributed by atoms with Gasteiger partial charge in [0.05, 0.1) is 16.9 Å². The van der Waals surface area contributed by atoms with Crippen molar-refractivity contribution < 1.29 is 9.59 Å². The van der Waals surface area contributed by atoms with Gasteiger partial charge in [-0.15, -0.1) is 0 Å². The van der Waals surface area contributed by atoms with Gasteiger partial charge in [-0.25, -0.2) is 4.68 Å². The third-order valence-electron chi connectivity index (χ3n) is 4.36. The van der Waals surface area contributed by atoms with E-state index in [0.29, 0.717) is 16.9 Å². The van der Waals surface area contributed by atoms with Crippen molar-refractivity contribution in [3.05, 3.63) is 70.4 Å². The van der Waals surface area contributed by atoms with Gasteiger partial charge in [-0.05, 0) is 35.2 Å². The van der Waals surface area contributed by atoms with Crippen LogP contribution in [0.15, 0.2) is 53.7 Å².